The molecule has 64 valence electrons. The zero-order valence-electron chi connectivity index (χ0n) is 6.71. The van der Waals surface area contributed by atoms with Gasteiger partial charge in [-0.25, -0.2) is 0 Å². The van der Waals surface area contributed by atoms with Crippen molar-refractivity contribution in [3.63, 3.8) is 0 Å². The quantitative estimate of drug-likeness (QED) is 0.593. The number of thioether (sulfide) groups is 1. The zero-order valence-corrected chi connectivity index (χ0v) is 7.53. The van der Waals surface area contributed by atoms with Gasteiger partial charge in [-0.15, -0.1) is 0 Å². The van der Waals surface area contributed by atoms with Crippen LogP contribution in [0, 0.1) is 0 Å². The number of ether oxygens (including phenoxy) is 1. The van der Waals surface area contributed by atoms with Crippen molar-refractivity contribution in [1.82, 2.24) is 0 Å². The standard InChI is InChI=1S/C8H15NOS/c9-7-1-3-10-8(5-7)2-4-11-6-8/h7H,1-6,9H2/t7-,8-/m1/s1. The fraction of sp³-hybridized carbons (Fsp3) is 1.00. The highest BCUT2D eigenvalue weighted by Gasteiger charge is 2.39. The van der Waals surface area contributed by atoms with Gasteiger partial charge in [-0.2, -0.15) is 11.8 Å². The molecule has 2 rings (SSSR count). The molecule has 2 saturated heterocycles. The van der Waals surface area contributed by atoms with Crippen LogP contribution < -0.4 is 5.73 Å². The first-order chi connectivity index (χ1) is 5.31. The SMILES string of the molecule is N[C@@H]1CCO[C@]2(CCSC2)C1. The predicted octanol–water partition coefficient (Wildman–Crippen LogP) is 1.000. The van der Waals surface area contributed by atoms with Crippen molar-refractivity contribution in [2.75, 3.05) is 18.1 Å². The summed E-state index contributed by atoms with van der Waals surface area (Å²) in [5.41, 5.74) is 6.08. The number of hydrogen-bond acceptors (Lipinski definition) is 3. The van der Waals surface area contributed by atoms with Crippen molar-refractivity contribution in [1.29, 1.82) is 0 Å². The van der Waals surface area contributed by atoms with E-state index in [-0.39, 0.29) is 5.60 Å². The minimum Gasteiger partial charge on any atom is -0.374 e. The molecule has 2 aliphatic rings. The summed E-state index contributed by atoms with van der Waals surface area (Å²) in [7, 11) is 0. The molecule has 0 unspecified atom stereocenters. The van der Waals surface area contributed by atoms with Crippen LogP contribution >= 0.6 is 11.8 Å². The molecule has 11 heavy (non-hydrogen) atoms. The van der Waals surface area contributed by atoms with Gasteiger partial charge in [-0.05, 0) is 25.0 Å². The minimum absolute atomic E-state index is 0.183. The Balaban J connectivity index is 2.00. The van der Waals surface area contributed by atoms with E-state index < -0.39 is 0 Å². The molecule has 2 aliphatic heterocycles. The molecular formula is C8H15NOS. The fourth-order valence-electron chi connectivity index (χ4n) is 1.93. The first kappa shape index (κ1) is 7.90. The Bertz CT molecular complexity index is 145. The maximum atomic E-state index is 5.90. The monoisotopic (exact) mass is 173 g/mol. The lowest BCUT2D eigenvalue weighted by Crippen LogP contribution is -2.45. The molecule has 0 bridgehead atoms. The summed E-state index contributed by atoms with van der Waals surface area (Å²) in [6.45, 7) is 0.877. The zero-order chi connectivity index (χ0) is 7.73. The van der Waals surface area contributed by atoms with Gasteiger partial charge in [0.2, 0.25) is 0 Å². The molecule has 1 spiro atoms. The summed E-state index contributed by atoms with van der Waals surface area (Å²) < 4.78 is 5.80. The second-order valence-corrected chi connectivity index (χ2v) is 4.69. The Kier molecular flexibility index (Phi) is 2.12. The average molecular weight is 173 g/mol. The molecule has 0 amide bonds. The molecule has 0 aromatic rings. The average Bonchev–Trinajstić information content (AvgIpc) is 2.37. The molecule has 0 aromatic heterocycles. The summed E-state index contributed by atoms with van der Waals surface area (Å²) >= 11 is 2.00. The molecular weight excluding hydrogens is 158 g/mol. The second kappa shape index (κ2) is 2.96. The van der Waals surface area contributed by atoms with E-state index >= 15 is 0 Å². The summed E-state index contributed by atoms with van der Waals surface area (Å²) in [6, 6.07) is 0.391. The van der Waals surface area contributed by atoms with Gasteiger partial charge in [0.15, 0.2) is 0 Å². The van der Waals surface area contributed by atoms with Gasteiger partial charge in [0, 0.05) is 18.4 Å². The number of hydrogen-bond donors (Lipinski definition) is 1. The first-order valence-corrected chi connectivity index (χ1v) is 5.44. The highest BCUT2D eigenvalue weighted by atomic mass is 32.2. The lowest BCUT2D eigenvalue weighted by atomic mass is 9.90. The van der Waals surface area contributed by atoms with Crippen molar-refractivity contribution in [3.05, 3.63) is 0 Å². The normalized spacial score (nSPS) is 45.0. The van der Waals surface area contributed by atoms with E-state index in [2.05, 4.69) is 0 Å². The first-order valence-electron chi connectivity index (χ1n) is 4.28. The Morgan fingerprint density at radius 2 is 2.45 bits per heavy atom. The Morgan fingerprint density at radius 3 is 3.09 bits per heavy atom. The van der Waals surface area contributed by atoms with E-state index in [4.69, 9.17) is 10.5 Å². The van der Waals surface area contributed by atoms with E-state index in [0.717, 1.165) is 19.4 Å². The highest BCUT2D eigenvalue weighted by Crippen LogP contribution is 2.37. The van der Waals surface area contributed by atoms with E-state index in [1.54, 1.807) is 0 Å². The third kappa shape index (κ3) is 1.55. The summed E-state index contributed by atoms with van der Waals surface area (Å²) in [6.07, 6.45) is 3.35. The smallest absolute Gasteiger partial charge is 0.0795 e. The topological polar surface area (TPSA) is 35.2 Å². The predicted molar refractivity (Wildman–Crippen MR) is 47.8 cm³/mol. The van der Waals surface area contributed by atoms with Crippen LogP contribution in [0.25, 0.3) is 0 Å². The largest absolute Gasteiger partial charge is 0.374 e. The van der Waals surface area contributed by atoms with Crippen molar-refractivity contribution < 1.29 is 4.74 Å². The van der Waals surface area contributed by atoms with Crippen LogP contribution in [0.4, 0.5) is 0 Å². The summed E-state index contributed by atoms with van der Waals surface area (Å²) in [5, 5.41) is 0. The fourth-order valence-corrected chi connectivity index (χ4v) is 3.31. The van der Waals surface area contributed by atoms with Crippen molar-refractivity contribution in [3.8, 4) is 0 Å². The van der Waals surface area contributed by atoms with E-state index in [0.29, 0.717) is 6.04 Å². The molecule has 0 radical (unpaired) electrons. The van der Waals surface area contributed by atoms with Crippen LogP contribution in [0.15, 0.2) is 0 Å². The van der Waals surface area contributed by atoms with Crippen molar-refractivity contribution in [2.24, 2.45) is 5.73 Å². The van der Waals surface area contributed by atoms with Crippen molar-refractivity contribution in [2.45, 2.75) is 30.9 Å². The summed E-state index contributed by atoms with van der Waals surface area (Å²) in [4.78, 5) is 0. The molecule has 2 fully saturated rings. The van der Waals surface area contributed by atoms with Crippen LogP contribution in [0.3, 0.4) is 0 Å². The third-order valence-corrected chi connectivity index (χ3v) is 3.82. The number of rotatable bonds is 0. The van der Waals surface area contributed by atoms with Gasteiger partial charge in [0.1, 0.15) is 0 Å². The minimum atomic E-state index is 0.183. The lowest BCUT2D eigenvalue weighted by molar-refractivity contribution is -0.0653. The maximum Gasteiger partial charge on any atom is 0.0795 e. The Hall–Kier alpha value is 0.270. The molecule has 2 nitrogen and oxygen atoms in total. The highest BCUT2D eigenvalue weighted by molar-refractivity contribution is 7.99. The third-order valence-electron chi connectivity index (χ3n) is 2.60. The van der Waals surface area contributed by atoms with E-state index in [1.807, 2.05) is 11.8 Å². The van der Waals surface area contributed by atoms with Crippen LogP contribution in [-0.4, -0.2) is 29.8 Å². The van der Waals surface area contributed by atoms with Crippen LogP contribution in [-0.2, 0) is 4.74 Å². The van der Waals surface area contributed by atoms with Crippen LogP contribution in [0.1, 0.15) is 19.3 Å². The molecule has 0 aliphatic carbocycles. The molecule has 0 saturated carbocycles. The van der Waals surface area contributed by atoms with Gasteiger partial charge < -0.3 is 10.5 Å². The summed E-state index contributed by atoms with van der Waals surface area (Å²) in [5.74, 6) is 2.42. The lowest BCUT2D eigenvalue weighted by Gasteiger charge is -2.36. The van der Waals surface area contributed by atoms with Gasteiger partial charge in [0.25, 0.3) is 0 Å². The number of nitrogens with two attached hydrogens (primary N) is 1. The molecule has 2 atom stereocenters. The van der Waals surface area contributed by atoms with E-state index in [1.165, 1.54) is 17.9 Å². The second-order valence-electron chi connectivity index (χ2n) is 3.59. The van der Waals surface area contributed by atoms with Crippen LogP contribution in [0.5, 0.6) is 0 Å². The van der Waals surface area contributed by atoms with Gasteiger partial charge in [-0.1, -0.05) is 0 Å². The van der Waals surface area contributed by atoms with E-state index in [9.17, 15) is 0 Å². The van der Waals surface area contributed by atoms with Gasteiger partial charge >= 0.3 is 0 Å². The van der Waals surface area contributed by atoms with Gasteiger partial charge in [-0.3, -0.25) is 0 Å². The molecule has 3 heteroatoms. The molecule has 2 heterocycles. The van der Waals surface area contributed by atoms with Crippen LogP contribution in [0.2, 0.25) is 0 Å². The van der Waals surface area contributed by atoms with Gasteiger partial charge in [0.05, 0.1) is 5.60 Å². The maximum absolute atomic E-state index is 5.90. The molecule has 2 N–H and O–H groups in total. The Labute approximate surface area is 71.9 Å². The molecule has 0 aromatic carbocycles. The van der Waals surface area contributed by atoms with Crippen molar-refractivity contribution >= 4 is 11.8 Å². The Morgan fingerprint density at radius 1 is 1.55 bits per heavy atom.